The molecule has 2 heterocycles. The van der Waals surface area contributed by atoms with Gasteiger partial charge in [-0.25, -0.2) is 4.98 Å². The number of fused-ring (bicyclic) bond motifs is 1. The van der Waals surface area contributed by atoms with E-state index in [4.69, 9.17) is 0 Å². The van der Waals surface area contributed by atoms with E-state index in [-0.39, 0.29) is 6.04 Å². The van der Waals surface area contributed by atoms with E-state index in [0.29, 0.717) is 11.5 Å². The molecule has 1 N–H and O–H groups in total. The highest BCUT2D eigenvalue weighted by Crippen LogP contribution is 2.21. The first-order valence-electron chi connectivity index (χ1n) is 7.46. The average molecular weight is 329 g/mol. The van der Waals surface area contributed by atoms with Crippen LogP contribution in [0.15, 0.2) is 42.7 Å². The zero-order valence-corrected chi connectivity index (χ0v) is 14.0. The molecule has 2 aromatic heterocycles. The summed E-state index contributed by atoms with van der Waals surface area (Å²) >= 11 is 0. The molecule has 120 valence electrons. The van der Waals surface area contributed by atoms with Crippen LogP contribution >= 0.6 is 0 Å². The third-order valence-electron chi connectivity index (χ3n) is 3.55. The molecule has 0 saturated heterocycles. The maximum absolute atomic E-state index is 11.3. The van der Waals surface area contributed by atoms with Gasteiger partial charge >= 0.3 is 0 Å². The summed E-state index contributed by atoms with van der Waals surface area (Å²) in [5.74, 6) is 2.06. The van der Waals surface area contributed by atoms with Crippen molar-refractivity contribution in [3.05, 3.63) is 42.7 Å². The number of nitrogens with one attached hydrogen (secondary N) is 1. The predicted octanol–water partition coefficient (Wildman–Crippen LogP) is 2.36. The summed E-state index contributed by atoms with van der Waals surface area (Å²) in [6.07, 6.45) is 4.04. The summed E-state index contributed by atoms with van der Waals surface area (Å²) in [4.78, 5) is 8.75. The molecule has 1 aromatic carbocycles. The van der Waals surface area contributed by atoms with Crippen molar-refractivity contribution >= 4 is 22.4 Å². The van der Waals surface area contributed by atoms with E-state index in [1.807, 2.05) is 36.4 Å². The third-order valence-corrected chi connectivity index (χ3v) is 4.36. The van der Waals surface area contributed by atoms with Gasteiger partial charge < -0.3 is 5.32 Å². The Labute approximate surface area is 137 Å². The molecule has 7 heteroatoms. The third kappa shape index (κ3) is 3.73. The average Bonchev–Trinajstić information content (AvgIpc) is 3.02. The van der Waals surface area contributed by atoms with E-state index >= 15 is 0 Å². The SMILES string of the molecule is CC(CCS(C)=O)Nc1cc(-c2ccccc2)nc2ncnn12. The second-order valence-corrected chi connectivity index (χ2v) is 7.03. The Hall–Kier alpha value is -2.28. The molecule has 0 saturated carbocycles. The molecular weight excluding hydrogens is 310 g/mol. The van der Waals surface area contributed by atoms with Crippen molar-refractivity contribution < 1.29 is 4.21 Å². The first-order chi connectivity index (χ1) is 11.1. The lowest BCUT2D eigenvalue weighted by Crippen LogP contribution is -2.20. The fraction of sp³-hybridized carbons (Fsp3) is 0.312. The minimum atomic E-state index is -0.785. The van der Waals surface area contributed by atoms with Crippen molar-refractivity contribution in [2.24, 2.45) is 0 Å². The molecule has 3 aromatic rings. The number of benzene rings is 1. The monoisotopic (exact) mass is 329 g/mol. The molecule has 2 unspecified atom stereocenters. The van der Waals surface area contributed by atoms with E-state index in [1.165, 1.54) is 6.33 Å². The molecule has 0 spiro atoms. The van der Waals surface area contributed by atoms with Crippen LogP contribution < -0.4 is 5.32 Å². The molecule has 0 amide bonds. The van der Waals surface area contributed by atoms with Crippen LogP contribution in [-0.4, -0.2) is 41.8 Å². The highest BCUT2D eigenvalue weighted by Gasteiger charge is 2.11. The minimum Gasteiger partial charge on any atom is -0.367 e. The summed E-state index contributed by atoms with van der Waals surface area (Å²) in [6.45, 7) is 2.07. The first-order valence-corrected chi connectivity index (χ1v) is 9.19. The van der Waals surface area contributed by atoms with Gasteiger partial charge in [-0.3, -0.25) is 4.21 Å². The van der Waals surface area contributed by atoms with Crippen molar-refractivity contribution in [3.8, 4) is 11.3 Å². The van der Waals surface area contributed by atoms with Crippen LogP contribution in [0, 0.1) is 0 Å². The standard InChI is InChI=1S/C16H19N5OS/c1-12(8-9-23(2)22)19-15-10-14(13-6-4-3-5-7-13)20-16-17-11-18-21(15)16/h3-7,10-12,19H,8-9H2,1-2H3. The number of nitrogens with zero attached hydrogens (tertiary/aromatic N) is 4. The van der Waals surface area contributed by atoms with Crippen molar-refractivity contribution in [3.63, 3.8) is 0 Å². The highest BCUT2D eigenvalue weighted by molar-refractivity contribution is 7.84. The van der Waals surface area contributed by atoms with Crippen LogP contribution in [0.2, 0.25) is 0 Å². The molecular formula is C16H19N5OS. The van der Waals surface area contributed by atoms with Crippen LogP contribution in [-0.2, 0) is 10.8 Å². The fourth-order valence-electron chi connectivity index (χ4n) is 2.34. The summed E-state index contributed by atoms with van der Waals surface area (Å²) < 4.78 is 12.9. The Balaban J connectivity index is 1.92. The van der Waals surface area contributed by atoms with Gasteiger partial charge in [0.1, 0.15) is 12.1 Å². The van der Waals surface area contributed by atoms with Gasteiger partial charge in [0.25, 0.3) is 5.78 Å². The number of hydrogen-bond donors (Lipinski definition) is 1. The summed E-state index contributed by atoms with van der Waals surface area (Å²) in [5.41, 5.74) is 1.88. The molecule has 6 nitrogen and oxygen atoms in total. The van der Waals surface area contributed by atoms with E-state index in [1.54, 1.807) is 10.8 Å². The van der Waals surface area contributed by atoms with Crippen LogP contribution in [0.3, 0.4) is 0 Å². The molecule has 2 atom stereocenters. The first kappa shape index (κ1) is 15.6. The number of rotatable bonds is 6. The van der Waals surface area contributed by atoms with Gasteiger partial charge in [0.2, 0.25) is 0 Å². The van der Waals surface area contributed by atoms with Gasteiger partial charge in [-0.15, -0.1) is 0 Å². The van der Waals surface area contributed by atoms with E-state index < -0.39 is 10.8 Å². The van der Waals surface area contributed by atoms with Crippen LogP contribution in [0.25, 0.3) is 17.0 Å². The van der Waals surface area contributed by atoms with Crippen molar-refractivity contribution in [1.29, 1.82) is 0 Å². The van der Waals surface area contributed by atoms with E-state index in [9.17, 15) is 4.21 Å². The molecule has 23 heavy (non-hydrogen) atoms. The maximum Gasteiger partial charge on any atom is 0.254 e. The topological polar surface area (TPSA) is 72.2 Å². The lowest BCUT2D eigenvalue weighted by molar-refractivity contribution is 0.677. The smallest absolute Gasteiger partial charge is 0.254 e. The van der Waals surface area contributed by atoms with Crippen molar-refractivity contribution in [1.82, 2.24) is 19.6 Å². The number of anilines is 1. The van der Waals surface area contributed by atoms with E-state index in [2.05, 4.69) is 27.3 Å². The van der Waals surface area contributed by atoms with Crippen molar-refractivity contribution in [2.45, 2.75) is 19.4 Å². The second kappa shape index (κ2) is 6.87. The minimum absolute atomic E-state index is 0.178. The lowest BCUT2D eigenvalue weighted by Gasteiger charge is -2.16. The van der Waals surface area contributed by atoms with Gasteiger partial charge in [-0.2, -0.15) is 14.6 Å². The molecule has 0 aliphatic carbocycles. The molecule has 0 bridgehead atoms. The Kier molecular flexibility index (Phi) is 4.66. The molecule has 3 rings (SSSR count). The zero-order chi connectivity index (χ0) is 16.2. The zero-order valence-electron chi connectivity index (χ0n) is 13.1. The molecule has 0 fully saturated rings. The van der Waals surface area contributed by atoms with Gasteiger partial charge in [0, 0.05) is 40.5 Å². The van der Waals surface area contributed by atoms with Gasteiger partial charge in [-0.05, 0) is 13.3 Å². The van der Waals surface area contributed by atoms with Gasteiger partial charge in [0.05, 0.1) is 5.69 Å². The summed E-state index contributed by atoms with van der Waals surface area (Å²) in [5, 5.41) is 7.64. The quantitative estimate of drug-likeness (QED) is 0.751. The highest BCUT2D eigenvalue weighted by atomic mass is 32.2. The Morgan fingerprint density at radius 1 is 1.30 bits per heavy atom. The largest absolute Gasteiger partial charge is 0.367 e. The van der Waals surface area contributed by atoms with Crippen LogP contribution in [0.1, 0.15) is 13.3 Å². The fourth-order valence-corrected chi connectivity index (χ4v) is 3.02. The summed E-state index contributed by atoms with van der Waals surface area (Å²) in [6, 6.07) is 12.1. The van der Waals surface area contributed by atoms with Crippen LogP contribution in [0.5, 0.6) is 0 Å². The number of hydrogen-bond acceptors (Lipinski definition) is 5. The molecule has 0 aliphatic heterocycles. The van der Waals surface area contributed by atoms with Gasteiger partial charge in [-0.1, -0.05) is 30.3 Å². The van der Waals surface area contributed by atoms with Crippen LogP contribution in [0.4, 0.5) is 5.82 Å². The van der Waals surface area contributed by atoms with Gasteiger partial charge in [0.15, 0.2) is 0 Å². The maximum atomic E-state index is 11.3. The number of aromatic nitrogens is 4. The van der Waals surface area contributed by atoms with Crippen molar-refractivity contribution in [2.75, 3.05) is 17.3 Å². The second-order valence-electron chi connectivity index (χ2n) is 5.48. The Morgan fingerprint density at radius 2 is 2.09 bits per heavy atom. The Bertz CT molecular complexity index is 818. The lowest BCUT2D eigenvalue weighted by atomic mass is 10.1. The predicted molar refractivity (Wildman–Crippen MR) is 92.9 cm³/mol. The normalized spacial score (nSPS) is 13.8. The molecule has 0 aliphatic rings. The Morgan fingerprint density at radius 3 is 2.83 bits per heavy atom. The van der Waals surface area contributed by atoms with E-state index in [0.717, 1.165) is 23.5 Å². The molecule has 0 radical (unpaired) electrons. The summed E-state index contributed by atoms with van der Waals surface area (Å²) in [7, 11) is -0.785.